The second kappa shape index (κ2) is 6.11. The van der Waals surface area contributed by atoms with Gasteiger partial charge in [-0.15, -0.1) is 11.3 Å². The molecule has 3 aromatic carbocycles. The minimum absolute atomic E-state index is 0.00846. The van der Waals surface area contributed by atoms with Crippen LogP contribution in [0.5, 0.6) is 0 Å². The van der Waals surface area contributed by atoms with Gasteiger partial charge in [0.1, 0.15) is 0 Å². The normalized spacial score (nSPS) is 12.3. The maximum Gasteiger partial charge on any atom is 0.177 e. The summed E-state index contributed by atoms with van der Waals surface area (Å²) >= 11 is 1.20. The first-order chi connectivity index (χ1) is 13.4. The summed E-state index contributed by atoms with van der Waals surface area (Å²) in [4.78, 5) is 4.96. The number of benzene rings is 3. The molecule has 0 atom stereocenters. The number of pyridine rings is 1. The predicted molar refractivity (Wildman–Crippen MR) is 119 cm³/mol. The number of thiophene rings is 1. The summed E-state index contributed by atoms with van der Waals surface area (Å²) in [6, 6.07) is 22.5. The highest BCUT2D eigenvalue weighted by molar-refractivity contribution is 7.18. The fourth-order valence-corrected chi connectivity index (χ4v) is 4.89. The monoisotopic (exact) mass is 385 g/mol. The minimum atomic E-state index is -0.175. The second-order valence-electron chi connectivity index (χ2n) is 8.27. The number of aromatic nitrogens is 1. The first kappa shape index (κ1) is 17.3. The van der Waals surface area contributed by atoms with Crippen LogP contribution >= 0.6 is 11.3 Å². The van der Waals surface area contributed by atoms with Gasteiger partial charge in [-0.05, 0) is 46.0 Å². The lowest BCUT2D eigenvalue weighted by Gasteiger charge is -2.23. The molecule has 0 N–H and O–H groups in total. The van der Waals surface area contributed by atoms with Crippen LogP contribution in [0, 0.1) is 5.13 Å². The van der Waals surface area contributed by atoms with Gasteiger partial charge < -0.3 is 0 Å². The fourth-order valence-electron chi connectivity index (χ4n) is 3.97. The molecule has 0 saturated carbocycles. The van der Waals surface area contributed by atoms with Gasteiger partial charge in [0.25, 0.3) is 0 Å². The molecular formula is C25H20FNS. The molecule has 1 nitrogen and oxygen atoms in total. The Hall–Kier alpha value is -2.78. The van der Waals surface area contributed by atoms with E-state index >= 15 is 0 Å². The van der Waals surface area contributed by atoms with E-state index < -0.39 is 0 Å². The molecule has 5 rings (SSSR count). The third kappa shape index (κ3) is 2.70. The smallest absolute Gasteiger partial charge is 0.177 e. The molecular weight excluding hydrogens is 365 g/mol. The van der Waals surface area contributed by atoms with Crippen LogP contribution in [0.3, 0.4) is 0 Å². The van der Waals surface area contributed by atoms with Gasteiger partial charge in [-0.3, -0.25) is 0 Å². The van der Waals surface area contributed by atoms with Crippen molar-refractivity contribution in [1.29, 1.82) is 0 Å². The van der Waals surface area contributed by atoms with Crippen molar-refractivity contribution in [1.82, 2.24) is 4.98 Å². The standard InChI is InChI=1S/C25H20FNS/c1-25(2,3)20-13-16(12-15-8-4-5-9-17(15)20)23-19-14-22(26)28-24(19)18-10-6-7-11-21(18)27-23/h4-14H,1-3H3. The Morgan fingerprint density at radius 1 is 0.821 bits per heavy atom. The molecule has 0 unspecified atom stereocenters. The van der Waals surface area contributed by atoms with E-state index in [1.807, 2.05) is 24.3 Å². The first-order valence-corrected chi connectivity index (χ1v) is 10.2. The van der Waals surface area contributed by atoms with Crippen LogP contribution in [0.15, 0.2) is 66.7 Å². The van der Waals surface area contributed by atoms with Gasteiger partial charge >= 0.3 is 0 Å². The van der Waals surface area contributed by atoms with Gasteiger partial charge in [-0.1, -0.05) is 63.2 Å². The van der Waals surface area contributed by atoms with E-state index in [2.05, 4.69) is 57.2 Å². The van der Waals surface area contributed by atoms with Gasteiger partial charge in [-0.25, -0.2) is 4.98 Å². The van der Waals surface area contributed by atoms with Crippen LogP contribution in [0.2, 0.25) is 0 Å². The summed E-state index contributed by atoms with van der Waals surface area (Å²) in [6.45, 7) is 6.69. The average molecular weight is 386 g/mol. The molecule has 5 aromatic rings. The SMILES string of the molecule is CC(C)(C)c1cc(-c2nc3ccccc3c3sc(F)cc23)cc2ccccc12. The van der Waals surface area contributed by atoms with Crippen LogP contribution in [0.1, 0.15) is 26.3 Å². The number of hydrogen-bond acceptors (Lipinski definition) is 2. The van der Waals surface area contributed by atoms with E-state index in [9.17, 15) is 4.39 Å². The Kier molecular flexibility index (Phi) is 3.78. The van der Waals surface area contributed by atoms with E-state index in [0.717, 1.165) is 32.2 Å². The van der Waals surface area contributed by atoms with Crippen LogP contribution < -0.4 is 0 Å². The first-order valence-electron chi connectivity index (χ1n) is 9.43. The van der Waals surface area contributed by atoms with Gasteiger partial charge in [-0.2, -0.15) is 4.39 Å². The fraction of sp³-hybridized carbons (Fsp3) is 0.160. The van der Waals surface area contributed by atoms with Crippen molar-refractivity contribution in [2.45, 2.75) is 26.2 Å². The quantitative estimate of drug-likeness (QED) is 0.288. The highest BCUT2D eigenvalue weighted by atomic mass is 32.1. The van der Waals surface area contributed by atoms with E-state index in [0.29, 0.717) is 0 Å². The topological polar surface area (TPSA) is 12.9 Å². The molecule has 0 radical (unpaired) electrons. The maximum atomic E-state index is 14.3. The van der Waals surface area contributed by atoms with Crippen LogP contribution in [0.4, 0.5) is 4.39 Å². The Labute approximate surface area is 167 Å². The highest BCUT2D eigenvalue weighted by Gasteiger charge is 2.20. The van der Waals surface area contributed by atoms with Crippen molar-refractivity contribution in [3.8, 4) is 11.3 Å². The Morgan fingerprint density at radius 3 is 2.32 bits per heavy atom. The van der Waals surface area contributed by atoms with E-state index in [1.54, 1.807) is 6.07 Å². The number of halogens is 1. The summed E-state index contributed by atoms with van der Waals surface area (Å²) in [5.41, 5.74) is 4.06. The van der Waals surface area contributed by atoms with Gasteiger partial charge in [0.15, 0.2) is 5.13 Å². The van der Waals surface area contributed by atoms with Gasteiger partial charge in [0.2, 0.25) is 0 Å². The van der Waals surface area contributed by atoms with Crippen molar-refractivity contribution >= 4 is 43.1 Å². The molecule has 3 heteroatoms. The van der Waals surface area contributed by atoms with Crippen molar-refractivity contribution < 1.29 is 4.39 Å². The number of rotatable bonds is 1. The number of para-hydroxylation sites is 1. The van der Waals surface area contributed by atoms with Crippen LogP contribution in [-0.2, 0) is 5.41 Å². The molecule has 0 spiro atoms. The predicted octanol–water partition coefficient (Wildman–Crippen LogP) is 7.71. The Balaban J connectivity index is 1.91. The number of hydrogen-bond donors (Lipinski definition) is 0. The van der Waals surface area contributed by atoms with E-state index in [4.69, 9.17) is 4.98 Å². The largest absolute Gasteiger partial charge is 0.247 e. The summed E-state index contributed by atoms with van der Waals surface area (Å²) in [5.74, 6) is 0. The zero-order chi connectivity index (χ0) is 19.5. The van der Waals surface area contributed by atoms with Crippen molar-refractivity contribution in [2.24, 2.45) is 0 Å². The number of fused-ring (bicyclic) bond motifs is 4. The molecule has 0 aliphatic carbocycles. The van der Waals surface area contributed by atoms with Crippen molar-refractivity contribution in [3.05, 3.63) is 77.4 Å². The lowest BCUT2D eigenvalue weighted by molar-refractivity contribution is 0.596. The zero-order valence-electron chi connectivity index (χ0n) is 16.1. The Bertz CT molecular complexity index is 1360. The van der Waals surface area contributed by atoms with Crippen LogP contribution in [0.25, 0.3) is 43.0 Å². The van der Waals surface area contributed by atoms with Gasteiger partial charge in [0, 0.05) is 21.0 Å². The molecule has 0 bridgehead atoms. The molecule has 0 saturated heterocycles. The van der Waals surface area contributed by atoms with E-state index in [-0.39, 0.29) is 10.5 Å². The molecule has 0 aliphatic heterocycles. The third-order valence-corrected chi connectivity index (χ3v) is 6.24. The molecule has 0 amide bonds. The van der Waals surface area contributed by atoms with Crippen molar-refractivity contribution in [2.75, 3.05) is 0 Å². The molecule has 2 aromatic heterocycles. The van der Waals surface area contributed by atoms with Gasteiger partial charge in [0.05, 0.1) is 11.2 Å². The van der Waals surface area contributed by atoms with Crippen LogP contribution in [-0.4, -0.2) is 4.98 Å². The second-order valence-corrected chi connectivity index (χ2v) is 9.27. The molecule has 0 fully saturated rings. The lowest BCUT2D eigenvalue weighted by Crippen LogP contribution is -2.12. The summed E-state index contributed by atoms with van der Waals surface area (Å²) < 4.78 is 15.2. The number of nitrogens with zero attached hydrogens (tertiary/aromatic N) is 1. The summed E-state index contributed by atoms with van der Waals surface area (Å²) in [7, 11) is 0. The highest BCUT2D eigenvalue weighted by Crippen LogP contribution is 2.40. The van der Waals surface area contributed by atoms with Crippen molar-refractivity contribution in [3.63, 3.8) is 0 Å². The minimum Gasteiger partial charge on any atom is -0.247 e. The van der Waals surface area contributed by atoms with E-state index in [1.165, 1.54) is 27.7 Å². The molecule has 28 heavy (non-hydrogen) atoms. The summed E-state index contributed by atoms with van der Waals surface area (Å²) in [5, 5.41) is 4.16. The maximum absolute atomic E-state index is 14.3. The molecule has 138 valence electrons. The molecule has 2 heterocycles. The summed E-state index contributed by atoms with van der Waals surface area (Å²) in [6.07, 6.45) is 0. The lowest BCUT2D eigenvalue weighted by atomic mass is 9.82. The molecule has 0 aliphatic rings. The average Bonchev–Trinajstić information content (AvgIpc) is 3.07. The zero-order valence-corrected chi connectivity index (χ0v) is 16.9. The Morgan fingerprint density at radius 2 is 1.54 bits per heavy atom. The third-order valence-electron chi connectivity index (χ3n) is 5.28.